The van der Waals surface area contributed by atoms with Crippen LogP contribution in [0.3, 0.4) is 0 Å². The molecule has 0 radical (unpaired) electrons. The fraction of sp³-hybridized carbons (Fsp3) is 0.462. The van der Waals surface area contributed by atoms with Crippen LogP contribution in [-0.4, -0.2) is 61.4 Å². The van der Waals surface area contributed by atoms with Crippen LogP contribution in [0.5, 0.6) is 0 Å². The van der Waals surface area contributed by atoms with Gasteiger partial charge in [0.25, 0.3) is 0 Å². The van der Waals surface area contributed by atoms with Crippen molar-refractivity contribution in [3.8, 4) is 0 Å². The minimum atomic E-state index is -4.46. The largest absolute Gasteiger partial charge is 0.416 e. The maximum absolute atomic E-state index is 13.5. The number of hydrogen-bond donors (Lipinski definition) is 1. The molecule has 2 aromatic carbocycles. The van der Waals surface area contributed by atoms with E-state index < -0.39 is 23.2 Å². The van der Waals surface area contributed by atoms with E-state index in [4.69, 9.17) is 23.2 Å². The number of hydrogen-bond acceptors (Lipinski definition) is 3. The van der Waals surface area contributed by atoms with Gasteiger partial charge in [0.2, 0.25) is 11.8 Å². The highest BCUT2D eigenvalue weighted by Crippen LogP contribution is 2.51. The number of amides is 2. The van der Waals surface area contributed by atoms with Crippen molar-refractivity contribution in [2.45, 2.75) is 43.8 Å². The molecule has 1 atom stereocenters. The van der Waals surface area contributed by atoms with Crippen molar-refractivity contribution in [3.63, 3.8) is 0 Å². The van der Waals surface area contributed by atoms with Crippen LogP contribution in [0.15, 0.2) is 42.5 Å². The van der Waals surface area contributed by atoms with Crippen LogP contribution >= 0.6 is 23.2 Å². The van der Waals surface area contributed by atoms with Crippen molar-refractivity contribution in [2.24, 2.45) is 0 Å². The van der Waals surface area contributed by atoms with Crippen molar-refractivity contribution < 1.29 is 22.8 Å². The molecule has 36 heavy (non-hydrogen) atoms. The number of nitrogens with one attached hydrogen (secondary N) is 1. The lowest BCUT2D eigenvalue weighted by molar-refractivity contribution is -0.138. The molecule has 0 spiro atoms. The number of alkyl halides is 3. The first-order valence-electron chi connectivity index (χ1n) is 11.7. The first kappa shape index (κ1) is 28.3. The maximum Gasteiger partial charge on any atom is 0.416 e. The molecular weight excluding hydrogens is 514 g/mol. The Hall–Kier alpha value is -2.29. The smallest absolute Gasteiger partial charge is 0.343 e. The second-order valence-corrected chi connectivity index (χ2v) is 10.2. The number of halogens is 5. The Bertz CT molecular complexity index is 1090. The molecule has 2 aromatic rings. The fourth-order valence-corrected chi connectivity index (χ4v) is 4.74. The molecule has 1 N–H and O–H groups in total. The summed E-state index contributed by atoms with van der Waals surface area (Å²) in [5.74, 6) is -0.619. The average molecular weight is 544 g/mol. The maximum atomic E-state index is 13.5. The highest BCUT2D eigenvalue weighted by Gasteiger charge is 2.53. The van der Waals surface area contributed by atoms with Gasteiger partial charge in [-0.15, -0.1) is 0 Å². The molecule has 196 valence electrons. The third-order valence-corrected chi connectivity index (χ3v) is 7.01. The van der Waals surface area contributed by atoms with E-state index in [1.807, 2.05) is 25.9 Å². The van der Waals surface area contributed by atoms with Gasteiger partial charge in [0.05, 0.1) is 11.0 Å². The zero-order valence-corrected chi connectivity index (χ0v) is 22.0. The van der Waals surface area contributed by atoms with E-state index in [1.165, 1.54) is 12.1 Å². The molecule has 3 rings (SSSR count). The summed E-state index contributed by atoms with van der Waals surface area (Å²) in [5.41, 5.74) is -0.471. The van der Waals surface area contributed by atoms with Gasteiger partial charge in [0.1, 0.15) is 6.04 Å². The van der Waals surface area contributed by atoms with Crippen LogP contribution in [0.25, 0.3) is 0 Å². The second kappa shape index (κ2) is 11.4. The first-order valence-corrected chi connectivity index (χ1v) is 12.5. The Morgan fingerprint density at radius 3 is 2.19 bits per heavy atom. The predicted octanol–water partition coefficient (Wildman–Crippen LogP) is 5.18. The van der Waals surface area contributed by atoms with Crippen LogP contribution in [-0.2, 0) is 27.6 Å². The van der Waals surface area contributed by atoms with Crippen molar-refractivity contribution in [1.82, 2.24) is 15.1 Å². The van der Waals surface area contributed by atoms with Gasteiger partial charge in [-0.25, -0.2) is 0 Å². The van der Waals surface area contributed by atoms with E-state index in [0.29, 0.717) is 53.6 Å². The number of carbonyl (C=O) groups is 2. The van der Waals surface area contributed by atoms with Crippen LogP contribution in [0.1, 0.15) is 36.5 Å². The number of likely N-dealkylation sites (N-methyl/N-ethyl adjacent to an activating group) is 2. The van der Waals surface area contributed by atoms with E-state index in [0.717, 1.165) is 12.1 Å². The predicted molar refractivity (Wildman–Crippen MR) is 135 cm³/mol. The molecule has 0 aliphatic heterocycles. The number of nitrogens with zero attached hydrogens (tertiary/aromatic N) is 2. The Morgan fingerprint density at radius 2 is 1.69 bits per heavy atom. The Morgan fingerprint density at radius 1 is 1.06 bits per heavy atom. The number of rotatable bonds is 10. The minimum Gasteiger partial charge on any atom is -0.343 e. The topological polar surface area (TPSA) is 52.6 Å². The van der Waals surface area contributed by atoms with Gasteiger partial charge in [-0.3, -0.25) is 9.59 Å². The summed E-state index contributed by atoms with van der Waals surface area (Å²) >= 11 is 12.4. The molecule has 5 nitrogen and oxygen atoms in total. The zero-order chi connectivity index (χ0) is 26.7. The van der Waals surface area contributed by atoms with E-state index >= 15 is 0 Å². The summed E-state index contributed by atoms with van der Waals surface area (Å²) in [6.07, 6.45) is -3.26. The van der Waals surface area contributed by atoms with Crippen molar-refractivity contribution >= 4 is 35.0 Å². The van der Waals surface area contributed by atoms with Crippen molar-refractivity contribution in [3.05, 3.63) is 69.2 Å². The molecule has 1 aliphatic carbocycles. The molecule has 0 unspecified atom stereocenters. The summed E-state index contributed by atoms with van der Waals surface area (Å²) in [6, 6.07) is 8.68. The molecule has 0 bridgehead atoms. The van der Waals surface area contributed by atoms with Gasteiger partial charge >= 0.3 is 6.18 Å². The van der Waals surface area contributed by atoms with Crippen LogP contribution < -0.4 is 5.32 Å². The minimum absolute atomic E-state index is 0.0611. The lowest BCUT2D eigenvalue weighted by Gasteiger charge is -2.29. The third kappa shape index (κ3) is 6.72. The quantitative estimate of drug-likeness (QED) is 0.449. The normalized spacial score (nSPS) is 15.5. The molecule has 0 heterocycles. The van der Waals surface area contributed by atoms with Crippen LogP contribution in [0.4, 0.5) is 13.2 Å². The monoisotopic (exact) mass is 543 g/mol. The van der Waals surface area contributed by atoms with Crippen molar-refractivity contribution in [2.75, 3.05) is 33.7 Å². The number of carbonyl (C=O) groups excluding carboxylic acids is 2. The van der Waals surface area contributed by atoms with E-state index in [-0.39, 0.29) is 18.2 Å². The standard InChI is InChI=1S/C26H30Cl2F3N3O2/c1-4-34(14-13-33(2)3)23(35)22(15-17-5-7-18(8-6-17)26(29,30)31)32-24(36)25(11-12-25)20-10-9-19(27)16-21(20)28/h5-10,16,22H,4,11-15H2,1-3H3,(H,32,36)/t22-/m0/s1. The van der Waals surface area contributed by atoms with Gasteiger partial charge in [-0.2, -0.15) is 13.2 Å². The summed E-state index contributed by atoms with van der Waals surface area (Å²) in [5, 5.41) is 3.73. The highest BCUT2D eigenvalue weighted by molar-refractivity contribution is 6.35. The lowest BCUT2D eigenvalue weighted by Crippen LogP contribution is -2.53. The average Bonchev–Trinajstić information content (AvgIpc) is 3.60. The van der Waals surface area contributed by atoms with Crippen LogP contribution in [0, 0.1) is 0 Å². The van der Waals surface area contributed by atoms with Crippen LogP contribution in [0.2, 0.25) is 10.0 Å². The summed E-state index contributed by atoms with van der Waals surface area (Å²) in [4.78, 5) is 30.6. The van der Waals surface area contributed by atoms with Gasteiger partial charge in [0.15, 0.2) is 0 Å². The lowest BCUT2D eigenvalue weighted by atomic mass is 9.93. The molecule has 0 saturated heterocycles. The molecule has 1 aliphatic rings. The van der Waals surface area contributed by atoms with E-state index in [2.05, 4.69) is 5.32 Å². The van der Waals surface area contributed by atoms with Gasteiger partial charge in [0, 0.05) is 36.1 Å². The van der Waals surface area contributed by atoms with Gasteiger partial charge < -0.3 is 15.1 Å². The fourth-order valence-electron chi connectivity index (χ4n) is 4.15. The summed E-state index contributed by atoms with van der Waals surface area (Å²) < 4.78 is 39.0. The first-order chi connectivity index (χ1) is 16.9. The molecule has 1 fully saturated rings. The molecule has 2 amide bonds. The molecule has 0 aromatic heterocycles. The zero-order valence-electron chi connectivity index (χ0n) is 20.5. The van der Waals surface area contributed by atoms with Gasteiger partial charge in [-0.1, -0.05) is 41.4 Å². The van der Waals surface area contributed by atoms with Gasteiger partial charge in [-0.05, 0) is 69.3 Å². The Kier molecular flexibility index (Phi) is 8.96. The SMILES string of the molecule is CCN(CCN(C)C)C(=O)[C@H](Cc1ccc(C(F)(F)F)cc1)NC(=O)C1(c2ccc(Cl)cc2Cl)CC1. The molecule has 1 saturated carbocycles. The number of benzene rings is 2. The third-order valence-electron chi connectivity index (χ3n) is 6.47. The summed E-state index contributed by atoms with van der Waals surface area (Å²) in [6.45, 7) is 3.36. The second-order valence-electron chi connectivity index (χ2n) is 9.35. The Balaban J connectivity index is 1.86. The van der Waals surface area contributed by atoms with Crippen molar-refractivity contribution in [1.29, 1.82) is 0 Å². The molecule has 10 heteroatoms. The Labute approximate surface area is 219 Å². The van der Waals surface area contributed by atoms with E-state index in [1.54, 1.807) is 23.1 Å². The molecular formula is C26H30Cl2F3N3O2. The summed E-state index contributed by atoms with van der Waals surface area (Å²) in [7, 11) is 3.79. The highest BCUT2D eigenvalue weighted by atomic mass is 35.5. The van der Waals surface area contributed by atoms with E-state index in [9.17, 15) is 22.8 Å².